The zero-order valence-electron chi connectivity index (χ0n) is 13.8. The molecule has 0 saturated carbocycles. The first-order valence-electron chi connectivity index (χ1n) is 7.92. The van der Waals surface area contributed by atoms with Gasteiger partial charge in [-0.1, -0.05) is 35.6 Å². The lowest BCUT2D eigenvalue weighted by Crippen LogP contribution is -2.31. The van der Waals surface area contributed by atoms with Crippen molar-refractivity contribution in [3.63, 3.8) is 0 Å². The maximum atomic E-state index is 11.8. The van der Waals surface area contributed by atoms with Gasteiger partial charge in [0.05, 0.1) is 17.3 Å². The largest absolute Gasteiger partial charge is 0.375 e. The second kappa shape index (κ2) is 8.26. The van der Waals surface area contributed by atoms with Gasteiger partial charge in [-0.3, -0.25) is 9.78 Å². The van der Waals surface area contributed by atoms with E-state index in [0.29, 0.717) is 12.0 Å². The molecule has 3 rings (SSSR count). The fourth-order valence-corrected chi connectivity index (χ4v) is 2.73. The number of nitrogens with two attached hydrogens (primary N) is 1. The van der Waals surface area contributed by atoms with Gasteiger partial charge < -0.3 is 5.73 Å². The highest BCUT2D eigenvalue weighted by Crippen LogP contribution is 2.30. The maximum absolute atomic E-state index is 11.8. The summed E-state index contributed by atoms with van der Waals surface area (Å²) in [5.41, 5.74) is 10.4. The van der Waals surface area contributed by atoms with Crippen molar-refractivity contribution in [1.82, 2.24) is 15.4 Å². The first-order valence-corrected chi connectivity index (χ1v) is 8.33. The van der Waals surface area contributed by atoms with E-state index >= 15 is 0 Å². The van der Waals surface area contributed by atoms with Crippen LogP contribution in [0.25, 0.3) is 0 Å². The number of benzene rings is 1. The molecule has 1 aromatic heterocycles. The SMILES string of the molecule is NC(=S)N1N=C(CN=NNC(=O)c2cccnc2)CC1c1ccccc1. The van der Waals surface area contributed by atoms with E-state index in [4.69, 9.17) is 18.0 Å². The number of nitrogens with zero attached hydrogens (tertiary/aromatic N) is 5. The Kier molecular flexibility index (Phi) is 5.59. The molecule has 1 aromatic carbocycles. The van der Waals surface area contributed by atoms with Gasteiger partial charge in [-0.15, -0.1) is 0 Å². The lowest BCUT2D eigenvalue weighted by molar-refractivity contribution is 0.0951. The summed E-state index contributed by atoms with van der Waals surface area (Å²) >= 11 is 5.09. The molecule has 0 radical (unpaired) electrons. The number of rotatable bonds is 5. The molecular formula is C17H17N7OS. The van der Waals surface area contributed by atoms with E-state index < -0.39 is 0 Å². The zero-order chi connectivity index (χ0) is 18.4. The molecule has 3 N–H and O–H groups in total. The maximum Gasteiger partial charge on any atom is 0.274 e. The number of thiocarbonyl (C=S) groups is 1. The van der Waals surface area contributed by atoms with Crippen molar-refractivity contribution < 1.29 is 4.79 Å². The average Bonchev–Trinajstić information content (AvgIpc) is 3.11. The Morgan fingerprint density at radius 3 is 2.81 bits per heavy atom. The predicted octanol–water partition coefficient (Wildman–Crippen LogP) is 2.23. The van der Waals surface area contributed by atoms with Gasteiger partial charge >= 0.3 is 0 Å². The quantitative estimate of drug-likeness (QED) is 0.478. The minimum Gasteiger partial charge on any atom is -0.375 e. The number of carbonyl (C=O) groups is 1. The van der Waals surface area contributed by atoms with Gasteiger partial charge in [0, 0.05) is 18.8 Å². The third-order valence-electron chi connectivity index (χ3n) is 3.78. The number of hydrazone groups is 1. The summed E-state index contributed by atoms with van der Waals surface area (Å²) in [6, 6.07) is 13.1. The summed E-state index contributed by atoms with van der Waals surface area (Å²) in [5.74, 6) is -0.373. The Balaban J connectivity index is 1.59. The highest BCUT2D eigenvalue weighted by atomic mass is 32.1. The molecular weight excluding hydrogens is 350 g/mol. The van der Waals surface area contributed by atoms with Gasteiger partial charge in [0.15, 0.2) is 5.11 Å². The second-order valence-corrected chi connectivity index (χ2v) is 5.98. The van der Waals surface area contributed by atoms with Crippen LogP contribution in [0.1, 0.15) is 28.4 Å². The lowest BCUT2D eigenvalue weighted by Gasteiger charge is -2.21. The molecule has 1 amide bonds. The van der Waals surface area contributed by atoms with Crippen molar-refractivity contribution in [1.29, 1.82) is 0 Å². The van der Waals surface area contributed by atoms with E-state index in [0.717, 1.165) is 11.3 Å². The Bertz CT molecular complexity index is 839. The van der Waals surface area contributed by atoms with Crippen molar-refractivity contribution in [3.05, 3.63) is 66.0 Å². The van der Waals surface area contributed by atoms with Crippen LogP contribution in [-0.4, -0.2) is 33.3 Å². The Morgan fingerprint density at radius 2 is 2.12 bits per heavy atom. The lowest BCUT2D eigenvalue weighted by atomic mass is 10.0. The van der Waals surface area contributed by atoms with Gasteiger partial charge in [-0.25, -0.2) is 10.4 Å². The summed E-state index contributed by atoms with van der Waals surface area (Å²) in [5, 5.41) is 13.9. The molecule has 0 fully saturated rings. The van der Waals surface area contributed by atoms with E-state index in [-0.39, 0.29) is 23.6 Å². The minimum absolute atomic E-state index is 0.0520. The van der Waals surface area contributed by atoms with Crippen molar-refractivity contribution in [2.45, 2.75) is 12.5 Å². The molecule has 9 heteroatoms. The van der Waals surface area contributed by atoms with E-state index in [1.807, 2.05) is 30.3 Å². The fraction of sp³-hybridized carbons (Fsp3) is 0.176. The predicted molar refractivity (Wildman–Crippen MR) is 101 cm³/mol. The van der Waals surface area contributed by atoms with Crippen molar-refractivity contribution in [2.24, 2.45) is 21.2 Å². The number of hydrogen-bond acceptors (Lipinski definition) is 6. The molecule has 2 heterocycles. The van der Waals surface area contributed by atoms with Crippen LogP contribution >= 0.6 is 12.2 Å². The van der Waals surface area contributed by atoms with E-state index in [1.54, 1.807) is 23.3 Å². The Labute approximate surface area is 155 Å². The summed E-state index contributed by atoms with van der Waals surface area (Å²) in [6.07, 6.45) is 3.68. The first-order chi connectivity index (χ1) is 12.6. The third-order valence-corrected chi connectivity index (χ3v) is 3.97. The second-order valence-electron chi connectivity index (χ2n) is 5.56. The smallest absolute Gasteiger partial charge is 0.274 e. The summed E-state index contributed by atoms with van der Waals surface area (Å²) < 4.78 is 0. The van der Waals surface area contributed by atoms with Gasteiger partial charge in [-0.2, -0.15) is 10.2 Å². The number of hydrogen-bond donors (Lipinski definition) is 2. The van der Waals surface area contributed by atoms with Gasteiger partial charge in [0.2, 0.25) is 0 Å². The van der Waals surface area contributed by atoms with Crippen LogP contribution in [0.5, 0.6) is 0 Å². The average molecular weight is 367 g/mol. The molecule has 1 aliphatic rings. The topological polar surface area (TPSA) is 108 Å². The van der Waals surface area contributed by atoms with Crippen LogP contribution in [0.15, 0.2) is 70.3 Å². The van der Waals surface area contributed by atoms with Crippen LogP contribution in [0.2, 0.25) is 0 Å². The molecule has 0 bridgehead atoms. The van der Waals surface area contributed by atoms with Crippen LogP contribution in [0.3, 0.4) is 0 Å². The minimum atomic E-state index is -0.373. The van der Waals surface area contributed by atoms with Gasteiger partial charge in [0.25, 0.3) is 5.91 Å². The molecule has 8 nitrogen and oxygen atoms in total. The van der Waals surface area contributed by atoms with Crippen molar-refractivity contribution >= 4 is 28.9 Å². The molecule has 1 aliphatic heterocycles. The molecule has 132 valence electrons. The van der Waals surface area contributed by atoms with E-state index in [1.165, 1.54) is 6.20 Å². The highest BCUT2D eigenvalue weighted by molar-refractivity contribution is 7.80. The van der Waals surface area contributed by atoms with E-state index in [2.05, 4.69) is 25.8 Å². The number of nitrogens with one attached hydrogen (secondary N) is 1. The number of pyridine rings is 1. The van der Waals surface area contributed by atoms with Gasteiger partial charge in [-0.05, 0) is 29.9 Å². The fourth-order valence-electron chi connectivity index (χ4n) is 2.57. The molecule has 1 unspecified atom stereocenters. The molecule has 26 heavy (non-hydrogen) atoms. The summed E-state index contributed by atoms with van der Waals surface area (Å²) in [6.45, 7) is 0.246. The van der Waals surface area contributed by atoms with Gasteiger partial charge in [0.1, 0.15) is 6.54 Å². The zero-order valence-corrected chi connectivity index (χ0v) is 14.6. The first kappa shape index (κ1) is 17.6. The third kappa shape index (κ3) is 4.25. The van der Waals surface area contributed by atoms with Crippen LogP contribution in [0, 0.1) is 0 Å². The number of carbonyl (C=O) groups excluding carboxylic acids is 1. The summed E-state index contributed by atoms with van der Waals surface area (Å²) in [4.78, 5) is 15.7. The standard InChI is InChI=1S/C17H17N7OS/c18-17(26)24-15(12-5-2-1-3-6-12)9-14(22-24)11-20-23-21-16(25)13-7-4-8-19-10-13/h1-8,10,15H,9,11H2,(H2,18,26)(H,20,21,25). The molecule has 1 atom stereocenters. The molecule has 0 saturated heterocycles. The molecule has 0 spiro atoms. The highest BCUT2D eigenvalue weighted by Gasteiger charge is 2.29. The van der Waals surface area contributed by atoms with E-state index in [9.17, 15) is 4.79 Å². The Morgan fingerprint density at radius 1 is 1.31 bits per heavy atom. The Hall–Kier alpha value is -3.20. The van der Waals surface area contributed by atoms with Crippen LogP contribution in [-0.2, 0) is 0 Å². The molecule has 0 aliphatic carbocycles. The van der Waals surface area contributed by atoms with Crippen molar-refractivity contribution in [2.75, 3.05) is 6.54 Å². The van der Waals surface area contributed by atoms with Crippen LogP contribution < -0.4 is 11.2 Å². The summed E-state index contributed by atoms with van der Waals surface area (Å²) in [7, 11) is 0. The van der Waals surface area contributed by atoms with Crippen molar-refractivity contribution in [3.8, 4) is 0 Å². The normalized spacial score (nSPS) is 16.5. The molecule has 2 aromatic rings. The van der Waals surface area contributed by atoms with Crippen LogP contribution in [0.4, 0.5) is 0 Å². The number of amides is 1. The number of aromatic nitrogens is 1. The monoisotopic (exact) mass is 367 g/mol.